The van der Waals surface area contributed by atoms with Crippen LogP contribution >= 0.6 is 11.6 Å². The van der Waals surface area contributed by atoms with Crippen molar-refractivity contribution in [3.05, 3.63) is 57.4 Å². The van der Waals surface area contributed by atoms with Crippen molar-refractivity contribution in [3.63, 3.8) is 0 Å². The van der Waals surface area contributed by atoms with Gasteiger partial charge in [-0.15, -0.1) is 10.2 Å². The van der Waals surface area contributed by atoms with Crippen LogP contribution in [0.5, 0.6) is 0 Å². The van der Waals surface area contributed by atoms with Crippen LogP contribution in [0.4, 0.5) is 10.1 Å². The Morgan fingerprint density at radius 2 is 2.00 bits per heavy atom. The van der Waals surface area contributed by atoms with Crippen molar-refractivity contribution in [1.82, 2.24) is 30.1 Å². The first kappa shape index (κ1) is 22.2. The third kappa shape index (κ3) is 3.65. The minimum atomic E-state index is -0.792. The summed E-state index contributed by atoms with van der Waals surface area (Å²) in [6, 6.07) is 3.87. The Morgan fingerprint density at radius 3 is 2.65 bits per heavy atom. The predicted octanol–water partition coefficient (Wildman–Crippen LogP) is 2.30. The fraction of sp³-hybridized carbons (Fsp3) is 0.364. The minimum Gasteiger partial charge on any atom is -0.340 e. The van der Waals surface area contributed by atoms with E-state index in [2.05, 4.69) is 26.0 Å². The molecule has 2 amide bonds. The number of aryl methyl sites for hydroxylation is 1. The molecule has 0 radical (unpaired) electrons. The predicted molar refractivity (Wildman–Crippen MR) is 119 cm³/mol. The Morgan fingerprint density at radius 1 is 1.24 bits per heavy atom. The first-order valence-corrected chi connectivity index (χ1v) is 11.2. The van der Waals surface area contributed by atoms with E-state index in [0.717, 1.165) is 12.5 Å². The molecule has 34 heavy (non-hydrogen) atoms. The van der Waals surface area contributed by atoms with Crippen LogP contribution in [0.25, 0.3) is 0 Å². The molecule has 0 atom stereocenters. The van der Waals surface area contributed by atoms with Crippen LogP contribution in [0.15, 0.2) is 18.2 Å². The number of halogens is 2. The number of anilines is 1. The third-order valence-electron chi connectivity index (χ3n) is 6.27. The molecule has 12 heteroatoms. The van der Waals surface area contributed by atoms with E-state index < -0.39 is 29.0 Å². The summed E-state index contributed by atoms with van der Waals surface area (Å²) in [4.78, 5) is 40.6. The summed E-state index contributed by atoms with van der Waals surface area (Å²) in [5.41, 5.74) is 1.13. The van der Waals surface area contributed by atoms with Gasteiger partial charge in [0.25, 0.3) is 17.6 Å². The number of carbonyl (C=O) groups excluding carboxylic acids is 3. The van der Waals surface area contributed by atoms with Gasteiger partial charge in [-0.3, -0.25) is 14.4 Å². The summed E-state index contributed by atoms with van der Waals surface area (Å²) < 4.78 is 15.2. The standard InChI is InChI=1S/C22H21ClFN7O3/c1-11-16(18(32)20(34)26-22(7-8-22)21-27-29-30(2)28-21)15-4-3-9-31(15)17(11)19(33)25-12-5-6-14(24)13(23)10-12/h5-6,10H,3-4,7-9H2,1-2H3,(H,25,33)(H,26,34). The number of rotatable bonds is 6. The molecule has 0 unspecified atom stereocenters. The molecule has 2 aromatic heterocycles. The molecular formula is C22H21ClFN7O3. The average Bonchev–Trinajstić information content (AvgIpc) is 3.08. The molecule has 1 aromatic carbocycles. The summed E-state index contributed by atoms with van der Waals surface area (Å²) in [5.74, 6) is -2.17. The van der Waals surface area contributed by atoms with Gasteiger partial charge in [-0.1, -0.05) is 11.6 Å². The Balaban J connectivity index is 1.42. The Bertz CT molecular complexity index is 1360. The number of hydrogen-bond donors (Lipinski definition) is 2. The van der Waals surface area contributed by atoms with E-state index in [9.17, 15) is 18.8 Å². The maximum absolute atomic E-state index is 13.5. The van der Waals surface area contributed by atoms with Crippen molar-refractivity contribution in [3.8, 4) is 0 Å². The molecule has 176 valence electrons. The van der Waals surface area contributed by atoms with Crippen molar-refractivity contribution < 1.29 is 18.8 Å². The molecular weight excluding hydrogens is 465 g/mol. The van der Waals surface area contributed by atoms with Crippen molar-refractivity contribution in [1.29, 1.82) is 0 Å². The lowest BCUT2D eigenvalue weighted by molar-refractivity contribution is -0.118. The maximum atomic E-state index is 13.5. The second kappa shape index (κ2) is 8.01. The largest absolute Gasteiger partial charge is 0.340 e. The number of hydrogen-bond acceptors (Lipinski definition) is 6. The van der Waals surface area contributed by atoms with Crippen LogP contribution in [0.3, 0.4) is 0 Å². The highest BCUT2D eigenvalue weighted by molar-refractivity contribution is 6.44. The lowest BCUT2D eigenvalue weighted by Crippen LogP contribution is -2.40. The number of tetrazole rings is 1. The summed E-state index contributed by atoms with van der Waals surface area (Å²) in [5, 5.41) is 17.3. The quantitative estimate of drug-likeness (QED) is 0.408. The molecule has 1 fully saturated rings. The number of Topliss-reactive ketones (excluding diaryl/α,β-unsaturated/α-hetero) is 1. The van der Waals surface area contributed by atoms with Gasteiger partial charge in [-0.2, -0.15) is 4.80 Å². The molecule has 3 aromatic rings. The van der Waals surface area contributed by atoms with Crippen LogP contribution in [0.2, 0.25) is 5.02 Å². The van der Waals surface area contributed by atoms with Crippen LogP contribution in [0.1, 0.15) is 57.2 Å². The van der Waals surface area contributed by atoms with Gasteiger partial charge in [0.05, 0.1) is 17.6 Å². The van der Waals surface area contributed by atoms with Crippen molar-refractivity contribution in [2.24, 2.45) is 7.05 Å². The van der Waals surface area contributed by atoms with Gasteiger partial charge >= 0.3 is 0 Å². The monoisotopic (exact) mass is 485 g/mol. The third-order valence-corrected chi connectivity index (χ3v) is 6.56. The molecule has 1 saturated carbocycles. The fourth-order valence-corrected chi connectivity index (χ4v) is 4.65. The van der Waals surface area contributed by atoms with Gasteiger partial charge in [0.2, 0.25) is 0 Å². The van der Waals surface area contributed by atoms with E-state index in [-0.39, 0.29) is 10.6 Å². The fourth-order valence-electron chi connectivity index (χ4n) is 4.47. The van der Waals surface area contributed by atoms with Gasteiger partial charge in [0, 0.05) is 17.9 Å². The van der Waals surface area contributed by atoms with Crippen LogP contribution in [0, 0.1) is 12.7 Å². The SMILES string of the molecule is Cc1c(C(=O)C(=O)NC2(c3nnn(C)n3)CC2)c2n(c1C(=O)Nc1ccc(F)c(Cl)c1)CCC2. The summed E-state index contributed by atoms with van der Waals surface area (Å²) in [6.45, 7) is 2.20. The molecule has 3 heterocycles. The zero-order valence-corrected chi connectivity index (χ0v) is 19.2. The first-order valence-electron chi connectivity index (χ1n) is 10.8. The molecule has 0 spiro atoms. The number of carbonyl (C=O) groups is 3. The number of nitrogens with zero attached hydrogens (tertiary/aromatic N) is 5. The topological polar surface area (TPSA) is 124 Å². The second-order valence-electron chi connectivity index (χ2n) is 8.60. The zero-order chi connectivity index (χ0) is 24.2. The summed E-state index contributed by atoms with van der Waals surface area (Å²) in [6.07, 6.45) is 2.53. The molecule has 10 nitrogen and oxygen atoms in total. The van der Waals surface area contributed by atoms with Gasteiger partial charge < -0.3 is 15.2 Å². The smallest absolute Gasteiger partial charge is 0.293 e. The van der Waals surface area contributed by atoms with Gasteiger partial charge in [0.1, 0.15) is 17.1 Å². The highest BCUT2D eigenvalue weighted by atomic mass is 35.5. The van der Waals surface area contributed by atoms with Crippen molar-refractivity contribution in [2.45, 2.75) is 44.7 Å². The minimum absolute atomic E-state index is 0.117. The zero-order valence-electron chi connectivity index (χ0n) is 18.5. The lowest BCUT2D eigenvalue weighted by Gasteiger charge is -2.13. The van der Waals surface area contributed by atoms with Crippen LogP contribution < -0.4 is 10.6 Å². The first-order chi connectivity index (χ1) is 16.2. The normalized spacial score (nSPS) is 15.6. The van der Waals surface area contributed by atoms with Gasteiger partial charge in [-0.05, 0) is 61.6 Å². The number of amides is 2. The van der Waals surface area contributed by atoms with Crippen molar-refractivity contribution >= 4 is 34.9 Å². The van der Waals surface area contributed by atoms with E-state index in [4.69, 9.17) is 11.6 Å². The molecule has 0 bridgehead atoms. The lowest BCUT2D eigenvalue weighted by atomic mass is 10.0. The Hall–Kier alpha value is -3.60. The van der Waals surface area contributed by atoms with E-state index in [0.29, 0.717) is 54.3 Å². The molecule has 2 aliphatic rings. The Kier molecular flexibility index (Phi) is 5.23. The van der Waals surface area contributed by atoms with Gasteiger partial charge in [0.15, 0.2) is 5.82 Å². The van der Waals surface area contributed by atoms with E-state index >= 15 is 0 Å². The number of fused-ring (bicyclic) bond motifs is 1. The number of benzene rings is 1. The van der Waals surface area contributed by atoms with Crippen LogP contribution in [-0.4, -0.2) is 42.4 Å². The molecule has 2 N–H and O–H groups in total. The van der Waals surface area contributed by atoms with E-state index in [1.54, 1.807) is 18.5 Å². The van der Waals surface area contributed by atoms with Gasteiger partial charge in [-0.25, -0.2) is 4.39 Å². The second-order valence-corrected chi connectivity index (χ2v) is 9.01. The number of ketones is 1. The summed E-state index contributed by atoms with van der Waals surface area (Å²) in [7, 11) is 1.62. The highest BCUT2D eigenvalue weighted by Crippen LogP contribution is 2.43. The van der Waals surface area contributed by atoms with E-state index in [1.165, 1.54) is 16.9 Å². The number of nitrogens with one attached hydrogen (secondary N) is 2. The summed E-state index contributed by atoms with van der Waals surface area (Å²) >= 11 is 5.82. The molecule has 5 rings (SSSR count). The van der Waals surface area contributed by atoms with Crippen LogP contribution in [-0.2, 0) is 30.3 Å². The molecule has 0 saturated heterocycles. The molecule has 1 aliphatic heterocycles. The number of aromatic nitrogens is 5. The maximum Gasteiger partial charge on any atom is 0.293 e. The Labute approximate surface area is 198 Å². The highest BCUT2D eigenvalue weighted by Gasteiger charge is 2.51. The average molecular weight is 486 g/mol. The van der Waals surface area contributed by atoms with Crippen molar-refractivity contribution in [2.75, 3.05) is 5.32 Å². The van der Waals surface area contributed by atoms with E-state index in [1.807, 2.05) is 0 Å². The molecule has 1 aliphatic carbocycles.